The van der Waals surface area contributed by atoms with Crippen molar-refractivity contribution in [1.29, 1.82) is 0 Å². The van der Waals surface area contributed by atoms with Crippen LogP contribution < -0.4 is 5.32 Å². The molecule has 126 valence electrons. The summed E-state index contributed by atoms with van der Waals surface area (Å²) < 4.78 is 27.9. The molecule has 0 spiro atoms. The molecule has 5 nitrogen and oxygen atoms in total. The highest BCUT2D eigenvalue weighted by Gasteiger charge is 2.39. The van der Waals surface area contributed by atoms with E-state index in [1.54, 1.807) is 22.6 Å². The lowest BCUT2D eigenvalue weighted by atomic mass is 9.91. The van der Waals surface area contributed by atoms with Gasteiger partial charge in [0.1, 0.15) is 0 Å². The molecule has 1 fully saturated rings. The minimum atomic E-state index is -3.51. The number of nitrogens with one attached hydrogen (secondary N) is 1. The van der Waals surface area contributed by atoms with E-state index in [0.29, 0.717) is 23.9 Å². The van der Waals surface area contributed by atoms with Gasteiger partial charge in [-0.25, -0.2) is 8.42 Å². The molecule has 24 heavy (non-hydrogen) atoms. The van der Waals surface area contributed by atoms with Crippen LogP contribution in [0.25, 0.3) is 0 Å². The fraction of sp³-hybridized carbons (Fsp3) is 0.389. The van der Waals surface area contributed by atoms with Crippen LogP contribution in [0.2, 0.25) is 0 Å². The van der Waals surface area contributed by atoms with E-state index >= 15 is 0 Å². The largest absolute Gasteiger partial charge is 0.316 e. The maximum atomic E-state index is 13.1. The van der Waals surface area contributed by atoms with Crippen molar-refractivity contribution in [2.24, 2.45) is 5.92 Å². The van der Waals surface area contributed by atoms with Crippen LogP contribution in [0.4, 0.5) is 0 Å². The number of aromatic nitrogens is 1. The van der Waals surface area contributed by atoms with Crippen LogP contribution in [-0.2, 0) is 16.6 Å². The number of aryl methyl sites for hydroxylation is 1. The molecule has 0 unspecified atom stereocenters. The average molecular weight is 343 g/mol. The number of rotatable bonds is 2. The standard InChI is InChI=1S/C18H21N3O2S/c1-13-4-6-16(7-5-13)24(22,23)21-11-14-3-2-8-20-18(14)17-10-19-9-15(17)12-21/h2-8,15,17,19H,9-12H2,1H3/t15-,17+/m0/s1. The fourth-order valence-corrected chi connectivity index (χ4v) is 5.20. The van der Waals surface area contributed by atoms with Crippen molar-refractivity contribution in [1.82, 2.24) is 14.6 Å². The van der Waals surface area contributed by atoms with Crippen molar-refractivity contribution < 1.29 is 8.42 Å². The molecule has 4 rings (SSSR count). The van der Waals surface area contributed by atoms with E-state index in [-0.39, 0.29) is 5.92 Å². The fourth-order valence-electron chi connectivity index (χ4n) is 3.72. The third kappa shape index (κ3) is 2.64. The van der Waals surface area contributed by atoms with Crippen molar-refractivity contribution in [2.45, 2.75) is 24.3 Å². The van der Waals surface area contributed by atoms with Gasteiger partial charge in [0.05, 0.1) is 4.90 Å². The molecule has 2 aliphatic heterocycles. The summed E-state index contributed by atoms with van der Waals surface area (Å²) in [6.45, 7) is 4.59. The molecule has 6 heteroatoms. The summed E-state index contributed by atoms with van der Waals surface area (Å²) in [4.78, 5) is 4.93. The van der Waals surface area contributed by atoms with Gasteiger partial charge >= 0.3 is 0 Å². The molecule has 1 aromatic carbocycles. The summed E-state index contributed by atoms with van der Waals surface area (Å²) in [6.07, 6.45) is 1.80. The Morgan fingerprint density at radius 2 is 1.96 bits per heavy atom. The second kappa shape index (κ2) is 5.95. The molecule has 0 amide bonds. The van der Waals surface area contributed by atoms with Gasteiger partial charge in [0.25, 0.3) is 0 Å². The van der Waals surface area contributed by atoms with E-state index in [9.17, 15) is 8.42 Å². The van der Waals surface area contributed by atoms with Crippen LogP contribution in [0.15, 0.2) is 47.5 Å². The first-order valence-electron chi connectivity index (χ1n) is 8.27. The van der Waals surface area contributed by atoms with Gasteiger partial charge in [-0.2, -0.15) is 4.31 Å². The van der Waals surface area contributed by atoms with Crippen molar-refractivity contribution in [3.63, 3.8) is 0 Å². The van der Waals surface area contributed by atoms with Crippen molar-refractivity contribution in [3.8, 4) is 0 Å². The molecule has 3 heterocycles. The van der Waals surface area contributed by atoms with Gasteiger partial charge in [0.2, 0.25) is 10.0 Å². The third-order valence-electron chi connectivity index (χ3n) is 5.06. The average Bonchev–Trinajstić information content (AvgIpc) is 2.97. The molecular formula is C18H21N3O2S. The lowest BCUT2D eigenvalue weighted by Gasteiger charge is -2.23. The van der Waals surface area contributed by atoms with Gasteiger partial charge in [-0.1, -0.05) is 23.8 Å². The zero-order valence-corrected chi connectivity index (χ0v) is 14.5. The lowest BCUT2D eigenvalue weighted by Crippen LogP contribution is -2.35. The zero-order valence-electron chi connectivity index (χ0n) is 13.6. The van der Waals surface area contributed by atoms with Crippen LogP contribution in [-0.4, -0.2) is 37.3 Å². The molecule has 0 radical (unpaired) electrons. The third-order valence-corrected chi connectivity index (χ3v) is 6.89. The quantitative estimate of drug-likeness (QED) is 0.905. The Labute approximate surface area is 142 Å². The van der Waals surface area contributed by atoms with E-state index in [1.807, 2.05) is 31.2 Å². The Morgan fingerprint density at radius 3 is 2.75 bits per heavy atom. The molecule has 1 N–H and O–H groups in total. The van der Waals surface area contributed by atoms with Crippen LogP contribution in [0, 0.1) is 12.8 Å². The molecule has 2 aliphatic rings. The van der Waals surface area contributed by atoms with Gasteiger partial charge in [0.15, 0.2) is 0 Å². The Hall–Kier alpha value is -1.76. The summed E-state index contributed by atoms with van der Waals surface area (Å²) >= 11 is 0. The minimum absolute atomic E-state index is 0.265. The first-order valence-corrected chi connectivity index (χ1v) is 9.71. The molecular weight excluding hydrogens is 322 g/mol. The first-order chi connectivity index (χ1) is 11.6. The van der Waals surface area contributed by atoms with Crippen molar-refractivity contribution in [2.75, 3.05) is 19.6 Å². The highest BCUT2D eigenvalue weighted by molar-refractivity contribution is 7.89. The molecule has 0 bridgehead atoms. The number of hydrogen-bond acceptors (Lipinski definition) is 4. The number of sulfonamides is 1. The normalized spacial score (nSPS) is 24.2. The van der Waals surface area contributed by atoms with E-state index in [0.717, 1.165) is 29.9 Å². The number of fused-ring (bicyclic) bond motifs is 3. The summed E-state index contributed by atoms with van der Waals surface area (Å²) in [5.74, 6) is 0.556. The smallest absolute Gasteiger partial charge is 0.243 e. The lowest BCUT2D eigenvalue weighted by molar-refractivity contribution is 0.349. The summed E-state index contributed by atoms with van der Waals surface area (Å²) in [7, 11) is -3.51. The predicted molar refractivity (Wildman–Crippen MR) is 92.1 cm³/mol. The van der Waals surface area contributed by atoms with Crippen LogP contribution >= 0.6 is 0 Å². The summed E-state index contributed by atoms with van der Waals surface area (Å²) in [5, 5.41) is 3.39. The Balaban J connectivity index is 1.75. The second-order valence-corrected chi connectivity index (χ2v) is 8.62. The van der Waals surface area contributed by atoms with Gasteiger partial charge < -0.3 is 5.32 Å². The molecule has 0 saturated carbocycles. The topological polar surface area (TPSA) is 62.3 Å². The van der Waals surface area contributed by atoms with Gasteiger partial charge in [-0.05, 0) is 43.1 Å². The first kappa shape index (κ1) is 15.7. The Kier molecular flexibility index (Phi) is 3.90. The highest BCUT2D eigenvalue weighted by atomic mass is 32.2. The SMILES string of the molecule is Cc1ccc(S(=O)(=O)N2Cc3cccnc3[C@@H]3CNC[C@H]3C2)cc1. The van der Waals surface area contributed by atoms with E-state index in [1.165, 1.54) is 0 Å². The van der Waals surface area contributed by atoms with Gasteiger partial charge in [-0.15, -0.1) is 0 Å². The number of benzene rings is 1. The molecule has 1 aromatic heterocycles. The molecule has 2 atom stereocenters. The van der Waals surface area contributed by atoms with E-state index in [2.05, 4.69) is 10.3 Å². The number of hydrogen-bond donors (Lipinski definition) is 1. The maximum Gasteiger partial charge on any atom is 0.243 e. The number of pyridine rings is 1. The van der Waals surface area contributed by atoms with E-state index < -0.39 is 10.0 Å². The summed E-state index contributed by atoms with van der Waals surface area (Å²) in [6, 6.07) is 11.0. The zero-order chi connectivity index (χ0) is 16.7. The van der Waals surface area contributed by atoms with Crippen LogP contribution in [0.5, 0.6) is 0 Å². The monoisotopic (exact) mass is 343 g/mol. The highest BCUT2D eigenvalue weighted by Crippen LogP contribution is 2.35. The Morgan fingerprint density at radius 1 is 1.17 bits per heavy atom. The number of nitrogens with zero attached hydrogens (tertiary/aromatic N) is 2. The molecule has 2 aromatic rings. The van der Waals surface area contributed by atoms with Crippen molar-refractivity contribution in [3.05, 3.63) is 59.4 Å². The minimum Gasteiger partial charge on any atom is -0.316 e. The van der Waals surface area contributed by atoms with Gasteiger partial charge in [0, 0.05) is 37.4 Å². The second-order valence-electron chi connectivity index (χ2n) is 6.68. The predicted octanol–water partition coefficient (Wildman–Crippen LogP) is 1.90. The molecule has 1 saturated heterocycles. The van der Waals surface area contributed by atoms with Crippen LogP contribution in [0.1, 0.15) is 22.7 Å². The van der Waals surface area contributed by atoms with Crippen LogP contribution in [0.3, 0.4) is 0 Å². The van der Waals surface area contributed by atoms with E-state index in [4.69, 9.17) is 0 Å². The summed E-state index contributed by atoms with van der Waals surface area (Å²) in [5.41, 5.74) is 3.12. The Bertz CT molecular complexity index is 849. The van der Waals surface area contributed by atoms with Crippen molar-refractivity contribution >= 4 is 10.0 Å². The molecule has 0 aliphatic carbocycles. The maximum absolute atomic E-state index is 13.1. The van der Waals surface area contributed by atoms with Gasteiger partial charge in [-0.3, -0.25) is 4.98 Å².